The maximum atomic E-state index is 14.7. The zero-order valence-electron chi connectivity index (χ0n) is 43.7. The van der Waals surface area contributed by atoms with Gasteiger partial charge in [-0.3, -0.25) is 33.7 Å². The van der Waals surface area contributed by atoms with Crippen molar-refractivity contribution in [3.8, 4) is 5.75 Å². The fourth-order valence-electron chi connectivity index (χ4n) is 13.7. The lowest BCUT2D eigenvalue weighted by Gasteiger charge is -2.56. The molecule has 0 radical (unpaired) electrons. The molecule has 2 aromatic rings. The highest BCUT2D eigenvalue weighted by Crippen LogP contribution is 2.65. The number of aliphatic hydroxyl groups is 5. The van der Waals surface area contributed by atoms with Crippen LogP contribution in [0.3, 0.4) is 0 Å². The maximum Gasteiger partial charge on any atom is 0.407 e. The number of ether oxygens (including phenoxy) is 5. The van der Waals surface area contributed by atoms with Crippen molar-refractivity contribution in [1.29, 1.82) is 0 Å². The Balaban J connectivity index is 0.780. The summed E-state index contributed by atoms with van der Waals surface area (Å²) in [5.41, 5.74) is -1.50. The fraction of sp³-hybridized carbons (Fsp3) is 0.536. The van der Waals surface area contributed by atoms with E-state index in [2.05, 4.69) is 16.0 Å². The third-order valence-corrected chi connectivity index (χ3v) is 17.4. The van der Waals surface area contributed by atoms with Crippen molar-refractivity contribution in [3.63, 3.8) is 0 Å². The van der Waals surface area contributed by atoms with Crippen molar-refractivity contribution in [1.82, 2.24) is 15.5 Å². The van der Waals surface area contributed by atoms with E-state index in [9.17, 15) is 77.8 Å². The molecule has 6 fully saturated rings. The molecule has 1 unspecified atom stereocenters. The van der Waals surface area contributed by atoms with Gasteiger partial charge in [0.2, 0.25) is 18.1 Å². The van der Waals surface area contributed by atoms with E-state index < -0.39 is 145 Å². The molecule has 3 heterocycles. The molecule has 10 rings (SSSR count). The van der Waals surface area contributed by atoms with Gasteiger partial charge in [0.05, 0.1) is 23.4 Å². The molecular weight excluding hydrogens is 1070 g/mol. The SMILES string of the molecule is C[C@]12C=CC(=O)C=C1CC[C@@H]1[C@@H]2[C@@H](O)CC2[C@H]1C[C@H]1O[C@@H](c3ccc(CC4(NC(=O)OCc5ccc(O[C@@H]6O[C@H](C(=O)O)[C@@H](O)[C@H](O)[C@H]6O)c(NC(=O)CCNC(=O)CCN6C(=O)C=CC6=O)c5)CC(F)(F)C4)cc3)O[C@@]21C(=O)CO. The van der Waals surface area contributed by atoms with E-state index in [1.54, 1.807) is 36.4 Å². The van der Waals surface area contributed by atoms with Crippen LogP contribution in [0.2, 0.25) is 0 Å². The highest BCUT2D eigenvalue weighted by molar-refractivity contribution is 6.13. The summed E-state index contributed by atoms with van der Waals surface area (Å²) in [5, 5.41) is 70.5. The summed E-state index contributed by atoms with van der Waals surface area (Å²) in [6.07, 6.45) is -6.58. The molecule has 81 heavy (non-hydrogen) atoms. The van der Waals surface area contributed by atoms with E-state index in [0.29, 0.717) is 30.4 Å². The lowest BCUT2D eigenvalue weighted by Crippen LogP contribution is -2.63. The molecule has 23 nitrogen and oxygen atoms in total. The summed E-state index contributed by atoms with van der Waals surface area (Å²) < 4.78 is 59.0. The second-order valence-corrected chi connectivity index (χ2v) is 22.5. The standard InChI is InChI=1S/C56H62F2N4O19/c1-53-15-12-31(64)19-30(53)7-8-32-33-20-39-56(38(66)23-63,34(33)21-36(65)44(32)53)81-50(79-39)29-5-2-27(3-6-29)22-54(25-55(57,58)26-54)61-52(76)77-24-28-4-9-37(78-51-47(73)45(71)46(72)48(80-51)49(74)75)35(18-28)60-41(68)13-16-59-40(67)14-17-62-42(69)10-11-43(62)70/h2-6,9-12,15,18-19,32-34,36,39,44-48,50-51,63,65,71-73H,7-8,13-14,16-17,20-26H2,1H3,(H,59,67)(H,60,68)(H,61,76)(H,74,75)/t32-,33-,34?,36-,39+,44+,45-,46-,47+,48-,50+,51+,53-,56+/m0/s1. The molecule has 8 aliphatic rings. The first-order valence-corrected chi connectivity index (χ1v) is 26.8. The number of carboxylic acid groups (broad SMARTS) is 1. The number of benzene rings is 2. The van der Waals surface area contributed by atoms with Gasteiger partial charge in [0.25, 0.3) is 17.7 Å². The lowest BCUT2D eigenvalue weighted by atomic mass is 9.49. The third kappa shape index (κ3) is 11.0. The van der Waals surface area contributed by atoms with E-state index in [1.165, 1.54) is 18.2 Å². The van der Waals surface area contributed by atoms with Crippen LogP contribution < -0.4 is 20.7 Å². The number of Topliss-reactive ketones (excluding diaryl/α,β-unsaturated/α-hetero) is 1. The van der Waals surface area contributed by atoms with Gasteiger partial charge < -0.3 is 70.3 Å². The molecule has 0 spiro atoms. The van der Waals surface area contributed by atoms with Crippen LogP contribution in [0.4, 0.5) is 19.3 Å². The number of ketones is 2. The van der Waals surface area contributed by atoms with Crippen LogP contribution >= 0.6 is 0 Å². The quantitative estimate of drug-likeness (QED) is 0.0957. The first-order chi connectivity index (χ1) is 38.4. The normalized spacial score (nSPS) is 34.0. The van der Waals surface area contributed by atoms with Gasteiger partial charge in [0.1, 0.15) is 37.3 Å². The number of aliphatic carboxylic acids is 1. The highest BCUT2D eigenvalue weighted by atomic mass is 19.3. The molecular formula is C56H62F2N4O19. The molecule has 0 aromatic heterocycles. The van der Waals surface area contributed by atoms with Crippen molar-refractivity contribution in [2.75, 3.05) is 25.0 Å². The van der Waals surface area contributed by atoms with E-state index in [4.69, 9.17) is 23.7 Å². The Kier molecular flexibility index (Phi) is 15.7. The molecule has 434 valence electrons. The summed E-state index contributed by atoms with van der Waals surface area (Å²) in [7, 11) is 0. The number of nitrogens with zero attached hydrogens (tertiary/aromatic N) is 1. The van der Waals surface area contributed by atoms with Crippen molar-refractivity contribution in [2.24, 2.45) is 29.1 Å². The van der Waals surface area contributed by atoms with Crippen LogP contribution in [0.25, 0.3) is 0 Å². The number of alkyl carbamates (subject to hydrolysis) is 1. The number of carbonyl (C=O) groups is 8. The Hall–Kier alpha value is -6.84. The minimum atomic E-state index is -3.12. The first kappa shape index (κ1) is 57.4. The summed E-state index contributed by atoms with van der Waals surface area (Å²) >= 11 is 0. The number of imide groups is 1. The fourth-order valence-corrected chi connectivity index (χ4v) is 13.7. The predicted molar refractivity (Wildman–Crippen MR) is 271 cm³/mol. The van der Waals surface area contributed by atoms with Gasteiger partial charge in [-0.05, 0) is 79.4 Å². The van der Waals surface area contributed by atoms with Gasteiger partial charge in [-0.1, -0.05) is 48.9 Å². The van der Waals surface area contributed by atoms with Gasteiger partial charge in [0.15, 0.2) is 29.6 Å². The highest BCUT2D eigenvalue weighted by Gasteiger charge is 2.70. The summed E-state index contributed by atoms with van der Waals surface area (Å²) in [6.45, 7) is 0.301. The Morgan fingerprint density at radius 3 is 2.26 bits per heavy atom. The summed E-state index contributed by atoms with van der Waals surface area (Å²) in [6, 6.07) is 10.5. The number of rotatable bonds is 18. The Morgan fingerprint density at radius 2 is 1.57 bits per heavy atom. The molecule has 25 heteroatoms. The van der Waals surface area contributed by atoms with E-state index in [1.807, 2.05) is 13.0 Å². The van der Waals surface area contributed by atoms with Crippen LogP contribution in [0.5, 0.6) is 5.75 Å². The number of aliphatic hydroxyl groups excluding tert-OH is 5. The van der Waals surface area contributed by atoms with E-state index in [0.717, 1.165) is 22.6 Å². The number of amides is 5. The molecule has 14 atom stereocenters. The predicted octanol–water partition coefficient (Wildman–Crippen LogP) is 1.57. The van der Waals surface area contributed by atoms with E-state index in [-0.39, 0.29) is 79.3 Å². The average molecular weight is 1130 g/mol. The van der Waals surface area contributed by atoms with Crippen LogP contribution in [0.15, 0.2) is 78.4 Å². The minimum Gasteiger partial charge on any atom is -0.479 e. The molecule has 4 saturated carbocycles. The van der Waals surface area contributed by atoms with Crippen LogP contribution in [0, 0.1) is 29.1 Å². The van der Waals surface area contributed by atoms with Crippen LogP contribution in [-0.4, -0.2) is 162 Å². The van der Waals surface area contributed by atoms with Crippen LogP contribution in [-0.2, 0) is 65.5 Å². The molecule has 5 aliphatic carbocycles. The molecule has 0 bridgehead atoms. The summed E-state index contributed by atoms with van der Waals surface area (Å²) in [4.78, 5) is 102. The van der Waals surface area contributed by atoms with Gasteiger partial charge in [-0.25, -0.2) is 18.4 Å². The van der Waals surface area contributed by atoms with Gasteiger partial charge in [0, 0.05) is 73.7 Å². The number of nitrogens with one attached hydrogen (secondary N) is 3. The largest absolute Gasteiger partial charge is 0.479 e. The second-order valence-electron chi connectivity index (χ2n) is 22.5. The number of hydrogen-bond donors (Lipinski definition) is 9. The lowest BCUT2D eigenvalue weighted by molar-refractivity contribution is -0.271. The number of carboxylic acids is 1. The Labute approximate surface area is 461 Å². The maximum absolute atomic E-state index is 14.7. The first-order valence-electron chi connectivity index (χ1n) is 26.8. The van der Waals surface area contributed by atoms with E-state index >= 15 is 0 Å². The number of hydrogen-bond acceptors (Lipinski definition) is 18. The van der Waals surface area contributed by atoms with Gasteiger partial charge >= 0.3 is 12.1 Å². The molecule has 9 N–H and O–H groups in total. The number of halogens is 2. The second kappa shape index (κ2) is 22.1. The molecule has 2 saturated heterocycles. The van der Waals surface area contributed by atoms with Crippen LogP contribution in [0.1, 0.15) is 81.3 Å². The number of carbonyl (C=O) groups excluding carboxylic acids is 7. The number of allylic oxidation sites excluding steroid dienone is 4. The Morgan fingerprint density at radius 1 is 0.852 bits per heavy atom. The number of anilines is 1. The topological polar surface area (TPSA) is 343 Å². The van der Waals surface area contributed by atoms with Crippen molar-refractivity contribution >= 4 is 52.9 Å². The molecule has 3 aliphatic heterocycles. The number of fused-ring (bicyclic) bond motifs is 7. The number of alkyl halides is 2. The smallest absolute Gasteiger partial charge is 0.407 e. The third-order valence-electron chi connectivity index (χ3n) is 17.4. The molecule has 5 amide bonds. The summed E-state index contributed by atoms with van der Waals surface area (Å²) in [5.74, 6) is -8.93. The zero-order chi connectivity index (χ0) is 57.9. The average Bonchev–Trinajstić information content (AvgIpc) is 3.58. The van der Waals surface area contributed by atoms with Gasteiger partial charge in [-0.15, -0.1) is 0 Å². The van der Waals surface area contributed by atoms with Gasteiger partial charge in [-0.2, -0.15) is 0 Å². The minimum absolute atomic E-state index is 0.0118. The molecule has 2 aromatic carbocycles. The van der Waals surface area contributed by atoms with Crippen molar-refractivity contribution < 1.29 is 101 Å². The zero-order valence-corrected chi connectivity index (χ0v) is 43.7. The Bertz CT molecular complexity index is 2960. The van der Waals surface area contributed by atoms with Crippen molar-refractivity contribution in [3.05, 3.63) is 95.1 Å². The van der Waals surface area contributed by atoms with Crippen molar-refractivity contribution in [2.45, 2.75) is 138 Å². The monoisotopic (exact) mass is 1130 g/mol.